The fourth-order valence-corrected chi connectivity index (χ4v) is 2.78. The Morgan fingerprint density at radius 1 is 1.00 bits per heavy atom. The van der Waals surface area contributed by atoms with Crippen LogP contribution >= 0.6 is 0 Å². The molecule has 0 aliphatic heterocycles. The quantitative estimate of drug-likeness (QED) is 0.800. The second-order valence-electron chi connectivity index (χ2n) is 4.83. The molecule has 0 atom stereocenters. The van der Waals surface area contributed by atoms with Crippen molar-refractivity contribution >= 4 is 10.0 Å². The fourth-order valence-electron chi connectivity index (χ4n) is 2.24. The van der Waals surface area contributed by atoms with E-state index in [2.05, 4.69) is 9.97 Å². The lowest BCUT2D eigenvalue weighted by Crippen LogP contribution is -2.12. The van der Waals surface area contributed by atoms with Gasteiger partial charge in [0.25, 0.3) is 0 Å². The van der Waals surface area contributed by atoms with Gasteiger partial charge in [0.2, 0.25) is 10.0 Å². The lowest BCUT2D eigenvalue weighted by molar-refractivity contribution is 0.596. The van der Waals surface area contributed by atoms with E-state index in [1.54, 1.807) is 30.6 Å². The highest BCUT2D eigenvalue weighted by atomic mass is 32.2. The van der Waals surface area contributed by atoms with Crippen LogP contribution < -0.4 is 5.14 Å². The Labute approximate surface area is 132 Å². The van der Waals surface area contributed by atoms with E-state index in [0.29, 0.717) is 11.3 Å². The van der Waals surface area contributed by atoms with Crippen LogP contribution in [0.1, 0.15) is 0 Å². The lowest BCUT2D eigenvalue weighted by atomic mass is 10.0. The van der Waals surface area contributed by atoms with Crippen LogP contribution in [0.2, 0.25) is 0 Å². The van der Waals surface area contributed by atoms with Gasteiger partial charge < -0.3 is 0 Å². The topological polar surface area (TPSA) is 85.9 Å². The Balaban J connectivity index is 2.25. The molecule has 3 rings (SSSR count). The summed E-state index contributed by atoms with van der Waals surface area (Å²) in [4.78, 5) is 8.07. The predicted molar refractivity (Wildman–Crippen MR) is 84.2 cm³/mol. The summed E-state index contributed by atoms with van der Waals surface area (Å²) in [6.07, 6.45) is 4.77. The first-order valence-corrected chi connectivity index (χ1v) is 8.19. The number of nitrogens with two attached hydrogens (primary N) is 1. The molecule has 0 spiro atoms. The van der Waals surface area contributed by atoms with Crippen molar-refractivity contribution in [1.29, 1.82) is 0 Å². The van der Waals surface area contributed by atoms with Crippen LogP contribution in [0.3, 0.4) is 0 Å². The third-order valence-corrected chi connectivity index (χ3v) is 4.21. The Morgan fingerprint density at radius 3 is 2.48 bits per heavy atom. The van der Waals surface area contributed by atoms with E-state index in [1.165, 1.54) is 12.3 Å². The van der Waals surface area contributed by atoms with Gasteiger partial charge in [-0.3, -0.25) is 9.97 Å². The second-order valence-corrected chi connectivity index (χ2v) is 6.39. The van der Waals surface area contributed by atoms with Crippen molar-refractivity contribution in [2.45, 2.75) is 4.90 Å². The second kappa shape index (κ2) is 5.86. The fraction of sp³-hybridized carbons (Fsp3) is 0. The minimum atomic E-state index is -3.93. The number of aromatic nitrogens is 2. The third-order valence-electron chi connectivity index (χ3n) is 3.30. The Hall–Kier alpha value is -2.64. The monoisotopic (exact) mass is 329 g/mol. The summed E-state index contributed by atoms with van der Waals surface area (Å²) in [6.45, 7) is 0. The first kappa shape index (κ1) is 15.3. The van der Waals surface area contributed by atoms with Crippen molar-refractivity contribution in [3.8, 4) is 22.4 Å². The molecule has 0 saturated heterocycles. The van der Waals surface area contributed by atoms with E-state index in [0.717, 1.165) is 17.7 Å². The van der Waals surface area contributed by atoms with Crippen molar-refractivity contribution in [1.82, 2.24) is 9.97 Å². The van der Waals surface area contributed by atoms with Crippen molar-refractivity contribution in [3.05, 3.63) is 66.9 Å². The number of benzene rings is 1. The minimum Gasteiger partial charge on any atom is -0.264 e. The molecule has 2 heterocycles. The van der Waals surface area contributed by atoms with Crippen LogP contribution in [0.4, 0.5) is 4.39 Å². The van der Waals surface area contributed by atoms with E-state index in [9.17, 15) is 12.8 Å². The van der Waals surface area contributed by atoms with E-state index in [-0.39, 0.29) is 10.5 Å². The molecule has 2 N–H and O–H groups in total. The molecular weight excluding hydrogens is 317 g/mol. The molecule has 0 aliphatic rings. The van der Waals surface area contributed by atoms with E-state index >= 15 is 0 Å². The molecule has 0 bridgehead atoms. The van der Waals surface area contributed by atoms with Gasteiger partial charge in [-0.15, -0.1) is 0 Å². The molecule has 0 fully saturated rings. The van der Waals surface area contributed by atoms with Gasteiger partial charge in [-0.05, 0) is 30.3 Å². The molecule has 7 heteroatoms. The van der Waals surface area contributed by atoms with Gasteiger partial charge in [0.05, 0.1) is 10.6 Å². The molecule has 0 unspecified atom stereocenters. The van der Waals surface area contributed by atoms with E-state index < -0.39 is 15.8 Å². The van der Waals surface area contributed by atoms with Gasteiger partial charge in [-0.1, -0.05) is 12.1 Å². The summed E-state index contributed by atoms with van der Waals surface area (Å²) in [7, 11) is -3.93. The van der Waals surface area contributed by atoms with E-state index in [1.807, 2.05) is 6.07 Å². The number of sulfonamides is 1. The largest absolute Gasteiger partial charge is 0.264 e. The first-order chi connectivity index (χ1) is 11.0. The van der Waals surface area contributed by atoms with Crippen LogP contribution in [0.15, 0.2) is 66.0 Å². The van der Waals surface area contributed by atoms with E-state index in [4.69, 9.17) is 5.14 Å². The zero-order valence-electron chi connectivity index (χ0n) is 11.8. The van der Waals surface area contributed by atoms with Gasteiger partial charge in [-0.2, -0.15) is 0 Å². The normalized spacial score (nSPS) is 11.4. The molecular formula is C16H12FN3O2S. The number of halogens is 1. The third kappa shape index (κ3) is 3.10. The summed E-state index contributed by atoms with van der Waals surface area (Å²) in [5.74, 6) is -0.582. The Bertz CT molecular complexity index is 960. The van der Waals surface area contributed by atoms with Gasteiger partial charge in [0, 0.05) is 35.3 Å². The van der Waals surface area contributed by atoms with Crippen LogP contribution in [0.25, 0.3) is 22.4 Å². The highest BCUT2D eigenvalue weighted by molar-refractivity contribution is 7.89. The number of pyridine rings is 2. The summed E-state index contributed by atoms with van der Waals surface area (Å²) in [5, 5.41) is 5.12. The minimum absolute atomic E-state index is 0.0657. The maximum Gasteiger partial charge on any atom is 0.238 e. The Morgan fingerprint density at radius 2 is 1.78 bits per heavy atom. The lowest BCUT2D eigenvalue weighted by Gasteiger charge is -2.10. The zero-order valence-corrected chi connectivity index (χ0v) is 12.7. The van der Waals surface area contributed by atoms with Crippen molar-refractivity contribution in [2.24, 2.45) is 5.14 Å². The average Bonchev–Trinajstić information content (AvgIpc) is 2.55. The molecule has 3 aromatic rings. The maximum absolute atomic E-state index is 14.2. The number of rotatable bonds is 3. The van der Waals surface area contributed by atoms with Crippen LogP contribution in [-0.4, -0.2) is 18.4 Å². The molecule has 0 saturated carbocycles. The molecule has 0 radical (unpaired) electrons. The van der Waals surface area contributed by atoms with Crippen LogP contribution in [0.5, 0.6) is 0 Å². The summed E-state index contributed by atoms with van der Waals surface area (Å²) < 4.78 is 37.3. The highest BCUT2D eigenvalue weighted by Gasteiger charge is 2.16. The first-order valence-electron chi connectivity index (χ1n) is 6.65. The average molecular weight is 329 g/mol. The summed E-state index contributed by atoms with van der Waals surface area (Å²) >= 11 is 0. The zero-order chi connectivity index (χ0) is 16.4. The number of primary sulfonamides is 1. The van der Waals surface area contributed by atoms with Crippen molar-refractivity contribution in [3.63, 3.8) is 0 Å². The molecule has 5 nitrogen and oxygen atoms in total. The van der Waals surface area contributed by atoms with Crippen LogP contribution in [0, 0.1) is 5.82 Å². The molecule has 23 heavy (non-hydrogen) atoms. The molecule has 1 aromatic carbocycles. The van der Waals surface area contributed by atoms with Crippen molar-refractivity contribution < 1.29 is 12.8 Å². The molecule has 2 aromatic heterocycles. The van der Waals surface area contributed by atoms with Gasteiger partial charge in [-0.25, -0.2) is 17.9 Å². The number of hydrogen-bond donors (Lipinski definition) is 1. The van der Waals surface area contributed by atoms with Gasteiger partial charge in [0.1, 0.15) is 5.82 Å². The van der Waals surface area contributed by atoms with Crippen molar-refractivity contribution in [2.75, 3.05) is 0 Å². The molecule has 0 aliphatic carbocycles. The Kier molecular flexibility index (Phi) is 3.89. The SMILES string of the molecule is NS(=O)(=O)c1ccc(F)c(-c2ncccc2-c2cccnc2)c1. The number of nitrogens with zero attached hydrogens (tertiary/aromatic N) is 2. The maximum atomic E-state index is 14.2. The standard InChI is InChI=1S/C16H12FN3O2S/c17-15-6-5-12(23(18,21)22)9-14(15)16-13(4-2-8-20-16)11-3-1-7-19-10-11/h1-10H,(H2,18,21,22). The van der Waals surface area contributed by atoms with Crippen LogP contribution in [-0.2, 0) is 10.0 Å². The molecule has 0 amide bonds. The van der Waals surface area contributed by atoms with Gasteiger partial charge in [0.15, 0.2) is 0 Å². The smallest absolute Gasteiger partial charge is 0.238 e. The summed E-state index contributed by atoms with van der Waals surface area (Å²) in [5.41, 5.74) is 1.78. The summed E-state index contributed by atoms with van der Waals surface area (Å²) in [6, 6.07) is 10.4. The van der Waals surface area contributed by atoms with Gasteiger partial charge >= 0.3 is 0 Å². The highest BCUT2D eigenvalue weighted by Crippen LogP contribution is 2.32. The molecule has 116 valence electrons. The number of hydrogen-bond acceptors (Lipinski definition) is 4. The predicted octanol–water partition coefficient (Wildman–Crippen LogP) is 2.60.